The molecule has 6 nitrogen and oxygen atoms in total. The van der Waals surface area contributed by atoms with Crippen LogP contribution in [-0.4, -0.2) is 29.6 Å². The van der Waals surface area contributed by atoms with E-state index in [4.69, 9.17) is 0 Å². The normalized spacial score (nSPS) is 12.5. The van der Waals surface area contributed by atoms with E-state index in [-0.39, 0.29) is 19.0 Å². The van der Waals surface area contributed by atoms with Gasteiger partial charge < -0.3 is 0 Å². The smallest absolute Gasteiger partial charge is 0.211 e. The molecule has 31 heavy (non-hydrogen) atoms. The van der Waals surface area contributed by atoms with Crippen LogP contribution in [0, 0.1) is 5.82 Å². The van der Waals surface area contributed by atoms with Crippen LogP contribution in [0.2, 0.25) is 0 Å². The molecule has 0 unspecified atom stereocenters. The summed E-state index contributed by atoms with van der Waals surface area (Å²) >= 11 is 1.34. The average molecular weight is 470 g/mol. The summed E-state index contributed by atoms with van der Waals surface area (Å²) in [6.07, 6.45) is -4.77. The van der Waals surface area contributed by atoms with Crippen LogP contribution >= 0.6 is 11.3 Å². The van der Waals surface area contributed by atoms with Crippen molar-refractivity contribution in [3.05, 3.63) is 71.0 Å². The van der Waals surface area contributed by atoms with Crippen LogP contribution in [0.4, 0.5) is 17.6 Å². The number of sulfonamides is 1. The van der Waals surface area contributed by atoms with E-state index in [1.807, 2.05) is 30.3 Å². The number of alkyl halides is 3. The molecule has 0 saturated carbocycles. The molecule has 0 aliphatic carbocycles. The zero-order chi connectivity index (χ0) is 22.2. The maximum atomic E-state index is 13.4. The van der Waals surface area contributed by atoms with Gasteiger partial charge in [0.05, 0.1) is 16.2 Å². The highest BCUT2D eigenvalue weighted by atomic mass is 32.2. The summed E-state index contributed by atoms with van der Waals surface area (Å²) in [5, 5.41) is 6.21. The first kappa shape index (κ1) is 21.4. The molecule has 4 rings (SSSR count). The molecule has 0 aliphatic heterocycles. The van der Waals surface area contributed by atoms with Crippen LogP contribution in [0.3, 0.4) is 0 Å². The standard InChI is InChI=1S/C19H14F4N4O2S2/c20-16-7-6-14(10-15(16)19(21,22)23)31(28,29)24-9-8-13-11-30-18-25-17(26-27(13)18)12-4-2-1-3-5-12/h1-7,10-11,24H,8-9H2. The van der Waals surface area contributed by atoms with Crippen LogP contribution in [0.5, 0.6) is 0 Å². The van der Waals surface area contributed by atoms with Gasteiger partial charge in [-0.15, -0.1) is 16.4 Å². The van der Waals surface area contributed by atoms with E-state index in [0.717, 1.165) is 11.6 Å². The van der Waals surface area contributed by atoms with Crippen molar-refractivity contribution >= 4 is 26.3 Å². The number of benzene rings is 2. The largest absolute Gasteiger partial charge is 0.419 e. The maximum absolute atomic E-state index is 13.4. The number of hydrogen-bond donors (Lipinski definition) is 1. The van der Waals surface area contributed by atoms with Crippen LogP contribution in [-0.2, 0) is 22.6 Å². The van der Waals surface area contributed by atoms with Gasteiger partial charge in [0, 0.05) is 23.9 Å². The van der Waals surface area contributed by atoms with Gasteiger partial charge in [-0.05, 0) is 18.2 Å². The fraction of sp³-hybridized carbons (Fsp3) is 0.158. The Morgan fingerprint density at radius 1 is 1.10 bits per heavy atom. The molecule has 1 N–H and O–H groups in total. The van der Waals surface area contributed by atoms with E-state index in [9.17, 15) is 26.0 Å². The zero-order valence-corrected chi connectivity index (χ0v) is 17.2. The molecule has 162 valence electrons. The van der Waals surface area contributed by atoms with Crippen molar-refractivity contribution in [3.63, 3.8) is 0 Å². The molecular formula is C19H14F4N4O2S2. The molecule has 0 bridgehead atoms. The van der Waals surface area contributed by atoms with Gasteiger partial charge in [-0.25, -0.2) is 22.0 Å². The van der Waals surface area contributed by atoms with Gasteiger partial charge in [0.25, 0.3) is 0 Å². The quantitative estimate of drug-likeness (QED) is 0.430. The van der Waals surface area contributed by atoms with Crippen molar-refractivity contribution in [1.82, 2.24) is 19.3 Å². The van der Waals surface area contributed by atoms with Crippen molar-refractivity contribution < 1.29 is 26.0 Å². The Hall–Kier alpha value is -2.83. The summed E-state index contributed by atoms with van der Waals surface area (Å²) in [5.74, 6) is -1.01. The van der Waals surface area contributed by atoms with Crippen LogP contribution in [0.1, 0.15) is 11.3 Å². The lowest BCUT2D eigenvalue weighted by molar-refractivity contribution is -0.140. The molecule has 2 aromatic heterocycles. The van der Waals surface area contributed by atoms with E-state index >= 15 is 0 Å². The molecule has 0 saturated heterocycles. The number of halogens is 4. The second kappa shape index (κ2) is 8.02. The third kappa shape index (κ3) is 4.45. The Kier molecular flexibility index (Phi) is 5.54. The lowest BCUT2D eigenvalue weighted by atomic mass is 10.2. The van der Waals surface area contributed by atoms with E-state index in [1.165, 1.54) is 11.3 Å². The lowest BCUT2D eigenvalue weighted by Crippen LogP contribution is -2.26. The van der Waals surface area contributed by atoms with Crippen LogP contribution in [0.25, 0.3) is 16.3 Å². The van der Waals surface area contributed by atoms with E-state index in [2.05, 4.69) is 14.8 Å². The Bertz CT molecular complexity index is 1330. The highest BCUT2D eigenvalue weighted by Gasteiger charge is 2.35. The number of rotatable bonds is 6. The Labute approximate surface area is 178 Å². The topological polar surface area (TPSA) is 76.4 Å². The summed E-state index contributed by atoms with van der Waals surface area (Å²) in [7, 11) is -4.26. The highest BCUT2D eigenvalue weighted by Crippen LogP contribution is 2.32. The van der Waals surface area contributed by atoms with Crippen LogP contribution < -0.4 is 4.72 Å². The fourth-order valence-corrected chi connectivity index (χ4v) is 4.81. The summed E-state index contributed by atoms with van der Waals surface area (Å²) < 4.78 is 80.6. The molecule has 0 aliphatic rings. The van der Waals surface area contributed by atoms with Gasteiger partial charge in [0.2, 0.25) is 15.0 Å². The zero-order valence-electron chi connectivity index (χ0n) is 15.6. The van der Waals surface area contributed by atoms with Gasteiger partial charge in [-0.2, -0.15) is 18.2 Å². The highest BCUT2D eigenvalue weighted by molar-refractivity contribution is 7.89. The molecule has 12 heteroatoms. The third-order valence-corrected chi connectivity index (χ3v) is 6.73. The predicted molar refractivity (Wildman–Crippen MR) is 107 cm³/mol. The Morgan fingerprint density at radius 2 is 1.84 bits per heavy atom. The fourth-order valence-electron chi connectivity index (χ4n) is 2.89. The molecule has 4 aromatic rings. The predicted octanol–water partition coefficient (Wildman–Crippen LogP) is 4.14. The number of nitrogens with one attached hydrogen (secondary N) is 1. The molecule has 0 atom stereocenters. The molecule has 0 spiro atoms. The van der Waals surface area contributed by atoms with Crippen molar-refractivity contribution in [1.29, 1.82) is 0 Å². The lowest BCUT2D eigenvalue weighted by Gasteiger charge is -2.11. The molecular weight excluding hydrogens is 456 g/mol. The molecule has 0 amide bonds. The monoisotopic (exact) mass is 470 g/mol. The Balaban J connectivity index is 1.49. The average Bonchev–Trinajstić information content (AvgIpc) is 3.29. The van der Waals surface area contributed by atoms with E-state index < -0.39 is 32.5 Å². The van der Waals surface area contributed by atoms with Crippen LogP contribution in [0.15, 0.2) is 58.8 Å². The van der Waals surface area contributed by atoms with Crippen molar-refractivity contribution in [3.8, 4) is 11.4 Å². The second-order valence-corrected chi connectivity index (χ2v) is 9.11. The Morgan fingerprint density at radius 3 is 2.55 bits per heavy atom. The summed E-state index contributed by atoms with van der Waals surface area (Å²) in [6, 6.07) is 10.9. The van der Waals surface area contributed by atoms with Crippen molar-refractivity contribution in [2.75, 3.05) is 6.54 Å². The van der Waals surface area contributed by atoms with Crippen molar-refractivity contribution in [2.24, 2.45) is 0 Å². The first-order valence-corrected chi connectivity index (χ1v) is 11.3. The van der Waals surface area contributed by atoms with Gasteiger partial charge in [-0.1, -0.05) is 30.3 Å². The summed E-state index contributed by atoms with van der Waals surface area (Å²) in [5.41, 5.74) is -0.111. The number of aromatic nitrogens is 3. The maximum Gasteiger partial charge on any atom is 0.419 e. The SMILES string of the molecule is O=S(=O)(NCCc1csc2nc(-c3ccccc3)nn12)c1ccc(F)c(C(F)(F)F)c1. The number of fused-ring (bicyclic) bond motifs is 1. The molecule has 2 heterocycles. The number of nitrogens with zero attached hydrogens (tertiary/aromatic N) is 3. The minimum atomic E-state index is -5.00. The first-order chi connectivity index (χ1) is 14.6. The van der Waals surface area contributed by atoms with Gasteiger partial charge >= 0.3 is 6.18 Å². The number of thiazole rings is 1. The van der Waals surface area contributed by atoms with E-state index in [1.54, 1.807) is 9.90 Å². The number of hydrogen-bond acceptors (Lipinski definition) is 5. The van der Waals surface area contributed by atoms with E-state index in [0.29, 0.717) is 22.5 Å². The third-order valence-electron chi connectivity index (χ3n) is 4.41. The first-order valence-electron chi connectivity index (χ1n) is 8.90. The molecule has 0 fully saturated rings. The second-order valence-electron chi connectivity index (χ2n) is 6.51. The molecule has 0 radical (unpaired) electrons. The minimum absolute atomic E-state index is 0.0899. The van der Waals surface area contributed by atoms with Gasteiger partial charge in [0.1, 0.15) is 5.82 Å². The van der Waals surface area contributed by atoms with Crippen molar-refractivity contribution in [2.45, 2.75) is 17.5 Å². The van der Waals surface area contributed by atoms with Gasteiger partial charge in [-0.3, -0.25) is 0 Å². The van der Waals surface area contributed by atoms with Gasteiger partial charge in [0.15, 0.2) is 5.82 Å². The minimum Gasteiger partial charge on any atom is -0.211 e. The molecule has 2 aromatic carbocycles. The summed E-state index contributed by atoms with van der Waals surface area (Å²) in [4.78, 5) is 4.41. The summed E-state index contributed by atoms with van der Waals surface area (Å²) in [6.45, 7) is -0.0899.